The van der Waals surface area contributed by atoms with Crippen LogP contribution in [0.5, 0.6) is 46.0 Å². The summed E-state index contributed by atoms with van der Waals surface area (Å²) >= 11 is 0. The lowest BCUT2D eigenvalue weighted by Crippen LogP contribution is -2.42. The van der Waals surface area contributed by atoms with Gasteiger partial charge in [-0.2, -0.15) is 0 Å². The van der Waals surface area contributed by atoms with Crippen molar-refractivity contribution >= 4 is 78.7 Å². The highest BCUT2D eigenvalue weighted by Gasteiger charge is 2.42. The fraction of sp³-hybridized carbons (Fsp3) is 0.342. The van der Waals surface area contributed by atoms with Crippen molar-refractivity contribution in [2.75, 3.05) is 26.3 Å². The summed E-state index contributed by atoms with van der Waals surface area (Å²) in [6.07, 6.45) is 1.58. The fourth-order valence-corrected chi connectivity index (χ4v) is 12.1. The van der Waals surface area contributed by atoms with E-state index in [1.54, 1.807) is 31.2 Å². The number of ether oxygens (including phenoxy) is 6. The van der Waals surface area contributed by atoms with E-state index in [0.29, 0.717) is 67.1 Å². The van der Waals surface area contributed by atoms with Gasteiger partial charge in [0.05, 0.1) is 35.4 Å². The van der Waals surface area contributed by atoms with Gasteiger partial charge in [-0.15, -0.1) is 0 Å². The molecule has 11 rings (SSSR count). The minimum absolute atomic E-state index is 0.0683. The van der Waals surface area contributed by atoms with Crippen LogP contribution < -0.4 is 18.9 Å². The molecule has 0 aliphatic carbocycles. The molecule has 0 fully saturated rings. The van der Waals surface area contributed by atoms with Crippen LogP contribution in [0.2, 0.25) is 0 Å². The van der Waals surface area contributed by atoms with E-state index in [1.165, 1.54) is 4.90 Å². The number of carbonyl (C=O) groups excluding carboxylic acids is 6. The van der Waals surface area contributed by atoms with Crippen molar-refractivity contribution in [2.24, 2.45) is 0 Å². The molecule has 0 aromatic heterocycles. The van der Waals surface area contributed by atoms with Gasteiger partial charge in [0.25, 0.3) is 23.6 Å². The Morgan fingerprint density at radius 1 is 0.356 bits per heavy atom. The summed E-state index contributed by atoms with van der Waals surface area (Å²) in [6, 6.07) is 37.6. The highest BCUT2D eigenvalue weighted by atomic mass is 16.6. The van der Waals surface area contributed by atoms with E-state index in [0.717, 1.165) is 40.0 Å². The first kappa shape index (κ1) is 62.3. The minimum Gasteiger partial charge on any atom is -0.466 e. The van der Waals surface area contributed by atoms with Crippen LogP contribution >= 0.6 is 0 Å². The van der Waals surface area contributed by atoms with Gasteiger partial charge < -0.3 is 28.4 Å². The van der Waals surface area contributed by atoms with Crippen molar-refractivity contribution in [3.63, 3.8) is 0 Å². The Labute approximate surface area is 525 Å². The molecule has 90 heavy (non-hydrogen) atoms. The standard InChI is InChI=1S/C76H78N2O12/c1-15-17-18-35-77-69(81)51-38-55(87-47-27-19-43(20-28-47)73(3,4)5)63-65-57(89-49-31-23-45(24-32-49)75(9,10)11)40-53-62-54(72(84)78(71(53)83)36-37-86-60(80)42-59(79)85-16-2)41-58(90-50-33-25-46(26-34-50)76(12,13)14)66(68(62)65)64-56(39-52(70(77)82)61(51)67(63)64)88-48-29-21-44(22-30-48)74(6,7)8/h19-34,38-41H,15-18,35-37,42H2,1-14H3. The highest BCUT2D eigenvalue weighted by Crippen LogP contribution is 2.58. The number of nitrogens with zero attached hydrogens (tertiary/aromatic N) is 2. The van der Waals surface area contributed by atoms with Gasteiger partial charge in [-0.25, -0.2) is 0 Å². The largest absolute Gasteiger partial charge is 0.466 e. The lowest BCUT2D eigenvalue weighted by Gasteiger charge is -2.32. The van der Waals surface area contributed by atoms with Crippen molar-refractivity contribution < 1.29 is 57.2 Å². The predicted molar refractivity (Wildman–Crippen MR) is 351 cm³/mol. The number of hydrogen-bond donors (Lipinski definition) is 0. The molecule has 0 radical (unpaired) electrons. The van der Waals surface area contributed by atoms with Crippen molar-refractivity contribution in [3.8, 4) is 46.0 Å². The molecule has 14 heteroatoms. The van der Waals surface area contributed by atoms with E-state index in [9.17, 15) is 9.59 Å². The molecular weight excluding hydrogens is 1130 g/mol. The third-order valence-corrected chi connectivity index (χ3v) is 17.0. The second-order valence-corrected chi connectivity index (χ2v) is 27.6. The van der Waals surface area contributed by atoms with Crippen molar-refractivity contribution in [2.45, 2.75) is 144 Å². The summed E-state index contributed by atoms with van der Waals surface area (Å²) in [7, 11) is 0. The number of benzene rings is 9. The van der Waals surface area contributed by atoms with Crippen LogP contribution in [0, 0.1) is 0 Å². The molecule has 2 aliphatic rings. The van der Waals surface area contributed by atoms with Crippen LogP contribution in [0.3, 0.4) is 0 Å². The number of carbonyl (C=O) groups is 6. The van der Waals surface area contributed by atoms with Gasteiger partial charge in [-0.1, -0.05) is 151 Å². The van der Waals surface area contributed by atoms with Crippen LogP contribution in [-0.4, -0.2) is 71.7 Å². The van der Waals surface area contributed by atoms with Gasteiger partial charge in [-0.3, -0.25) is 38.6 Å². The Bertz CT molecular complexity index is 4100. The van der Waals surface area contributed by atoms with Gasteiger partial charge in [0.2, 0.25) is 0 Å². The molecule has 0 bridgehead atoms. The number of hydrogen-bond acceptors (Lipinski definition) is 12. The van der Waals surface area contributed by atoms with Gasteiger partial charge in [-0.05, 0) is 130 Å². The second-order valence-electron chi connectivity index (χ2n) is 27.6. The molecule has 0 saturated carbocycles. The zero-order valence-corrected chi connectivity index (χ0v) is 54.0. The number of imide groups is 2. The lowest BCUT2D eigenvalue weighted by molar-refractivity contribution is -0.154. The van der Waals surface area contributed by atoms with Gasteiger partial charge in [0, 0.05) is 49.6 Å². The number of amides is 4. The molecule has 0 saturated heterocycles. The molecule has 0 spiro atoms. The van der Waals surface area contributed by atoms with Crippen molar-refractivity contribution in [1.29, 1.82) is 0 Å². The zero-order valence-electron chi connectivity index (χ0n) is 54.0. The van der Waals surface area contributed by atoms with E-state index >= 15 is 19.2 Å². The Morgan fingerprint density at radius 3 is 0.900 bits per heavy atom. The molecule has 4 amide bonds. The zero-order chi connectivity index (χ0) is 64.5. The minimum atomic E-state index is -0.886. The van der Waals surface area contributed by atoms with Gasteiger partial charge >= 0.3 is 11.9 Å². The third kappa shape index (κ3) is 11.8. The third-order valence-electron chi connectivity index (χ3n) is 17.0. The first-order valence-electron chi connectivity index (χ1n) is 31.1. The van der Waals surface area contributed by atoms with Crippen molar-refractivity contribution in [3.05, 3.63) is 166 Å². The van der Waals surface area contributed by atoms with E-state index in [1.807, 2.05) is 97.1 Å². The molecule has 2 aliphatic heterocycles. The Hall–Kier alpha value is -9.30. The second kappa shape index (κ2) is 23.6. The lowest BCUT2D eigenvalue weighted by atomic mass is 9.80. The van der Waals surface area contributed by atoms with Crippen LogP contribution in [-0.2, 0) is 40.7 Å². The molecule has 2 heterocycles. The van der Waals surface area contributed by atoms with E-state index < -0.39 is 48.6 Å². The number of rotatable bonds is 18. The topological polar surface area (TPSA) is 164 Å². The molecule has 9 aromatic carbocycles. The van der Waals surface area contributed by atoms with E-state index in [2.05, 4.69) is 90.0 Å². The Morgan fingerprint density at radius 2 is 0.633 bits per heavy atom. The average Bonchev–Trinajstić information content (AvgIpc) is 0.674. The van der Waals surface area contributed by atoms with Crippen LogP contribution in [0.25, 0.3) is 43.1 Å². The number of fused-ring (bicyclic) bond motifs is 2. The first-order chi connectivity index (χ1) is 42.5. The summed E-state index contributed by atoms with van der Waals surface area (Å²) < 4.78 is 39.3. The van der Waals surface area contributed by atoms with Gasteiger partial charge in [0.1, 0.15) is 59.0 Å². The monoisotopic (exact) mass is 1210 g/mol. The summed E-state index contributed by atoms with van der Waals surface area (Å²) in [5.41, 5.74) is 3.98. The molecule has 0 atom stereocenters. The van der Waals surface area contributed by atoms with E-state index in [4.69, 9.17) is 28.4 Å². The smallest absolute Gasteiger partial charge is 0.317 e. The quantitative estimate of drug-likeness (QED) is 0.0200. The van der Waals surface area contributed by atoms with Gasteiger partial charge in [0.15, 0.2) is 0 Å². The van der Waals surface area contributed by atoms with Crippen LogP contribution in [0.15, 0.2) is 121 Å². The molecular formula is C76H78N2O12. The normalized spacial score (nSPS) is 13.7. The first-order valence-corrected chi connectivity index (χ1v) is 31.1. The molecule has 14 nitrogen and oxygen atoms in total. The average molecular weight is 1210 g/mol. The SMILES string of the molecule is CCCCCN1C(=O)c2cc(Oc3ccc(C(C)(C)C)cc3)c3c4c(Oc5ccc(C(C)(C)C)cc5)cc5c6c(cc(Oc7ccc(C(C)(C)C)cc7)c(c7c(Oc8ccc(C(C)(C)C)cc8)cc(c2c37)C1=O)c64)C(=O)N(CCOC(=O)CC(=O)OCC)C5=O. The fourth-order valence-electron chi connectivity index (χ4n) is 12.1. The highest BCUT2D eigenvalue weighted by molar-refractivity contribution is 6.44. The molecule has 0 N–H and O–H groups in total. The molecule has 464 valence electrons. The molecule has 9 aromatic rings. The molecule has 0 unspecified atom stereocenters. The predicted octanol–water partition coefficient (Wildman–Crippen LogP) is 18.0. The Kier molecular flexibility index (Phi) is 16.3. The van der Waals surface area contributed by atoms with Crippen LogP contribution in [0.1, 0.15) is 186 Å². The van der Waals surface area contributed by atoms with Crippen LogP contribution in [0.4, 0.5) is 0 Å². The summed E-state index contributed by atoms with van der Waals surface area (Å²) in [6.45, 7) is 28.6. The number of esters is 2. The summed E-state index contributed by atoms with van der Waals surface area (Å²) in [5, 5.41) is 2.93. The maximum absolute atomic E-state index is 15.6. The maximum atomic E-state index is 15.6. The van der Waals surface area contributed by atoms with E-state index in [-0.39, 0.29) is 92.0 Å². The Balaban J connectivity index is 1.30. The summed E-state index contributed by atoms with van der Waals surface area (Å²) in [5.74, 6) is -1.61. The van der Waals surface area contributed by atoms with Crippen molar-refractivity contribution in [1.82, 2.24) is 9.80 Å². The number of unbranched alkanes of at least 4 members (excludes halogenated alkanes) is 2. The summed E-state index contributed by atoms with van der Waals surface area (Å²) in [4.78, 5) is 89.7. The maximum Gasteiger partial charge on any atom is 0.317 e.